The highest BCUT2D eigenvalue weighted by molar-refractivity contribution is 7.90. The van der Waals surface area contributed by atoms with Gasteiger partial charge in [-0.15, -0.1) is 4.40 Å². The van der Waals surface area contributed by atoms with E-state index in [-0.39, 0.29) is 15.9 Å². The second-order valence-corrected chi connectivity index (χ2v) is 7.39. The van der Waals surface area contributed by atoms with Gasteiger partial charge in [-0.3, -0.25) is 10.1 Å². The van der Waals surface area contributed by atoms with Gasteiger partial charge in [-0.1, -0.05) is 23.5 Å². The Bertz CT molecular complexity index is 964. The minimum atomic E-state index is -3.80. The van der Waals surface area contributed by atoms with E-state index in [1.54, 1.807) is 36.2 Å². The number of nitrogens with zero attached hydrogens (tertiary/aromatic N) is 4. The summed E-state index contributed by atoms with van der Waals surface area (Å²) in [5.74, 6) is 0.0380. The van der Waals surface area contributed by atoms with Crippen LogP contribution in [0.4, 0.5) is 10.7 Å². The number of thiophene rings is 1. The molecule has 0 unspecified atom stereocenters. The minimum Gasteiger partial charge on any atom is -0.312 e. The first-order valence-electron chi connectivity index (χ1n) is 6.59. The van der Waals surface area contributed by atoms with E-state index in [1.807, 2.05) is 0 Å². The van der Waals surface area contributed by atoms with Gasteiger partial charge in [0.25, 0.3) is 10.0 Å². The molecule has 0 saturated heterocycles. The lowest BCUT2D eigenvalue weighted by atomic mass is 10.3. The summed E-state index contributed by atoms with van der Waals surface area (Å²) in [6, 6.07) is 9.41. The predicted octanol–water partition coefficient (Wildman–Crippen LogP) is 1.77. The van der Waals surface area contributed by atoms with Crippen molar-refractivity contribution in [3.63, 3.8) is 0 Å². The molecule has 1 N–H and O–H groups in total. The van der Waals surface area contributed by atoms with E-state index in [4.69, 9.17) is 0 Å². The Hall–Kier alpha value is -2.79. The Morgan fingerprint density at radius 1 is 1.33 bits per heavy atom. The Balaban J connectivity index is 1.81. The van der Waals surface area contributed by atoms with Gasteiger partial charge >= 0.3 is 5.00 Å². The Kier molecular flexibility index (Phi) is 4.03. The molecular weight excluding hydrogens is 354 g/mol. The van der Waals surface area contributed by atoms with Gasteiger partial charge in [0.1, 0.15) is 4.90 Å². The summed E-state index contributed by atoms with van der Waals surface area (Å²) in [4.78, 5) is 12.4. The van der Waals surface area contributed by atoms with E-state index < -0.39 is 14.9 Å². The molecule has 0 radical (unpaired) electrons. The number of sulfonamides is 1. The Labute approximate surface area is 141 Å². The number of hydrazone groups is 1. The number of guanidine groups is 1. The van der Waals surface area contributed by atoms with Crippen LogP contribution in [-0.4, -0.2) is 32.6 Å². The first kappa shape index (κ1) is 16.1. The third kappa shape index (κ3) is 2.98. The number of anilines is 1. The number of para-hydroxylation sites is 1. The van der Waals surface area contributed by atoms with Gasteiger partial charge in [-0.25, -0.2) is 5.43 Å². The van der Waals surface area contributed by atoms with Gasteiger partial charge in [0.2, 0.25) is 5.96 Å². The lowest BCUT2D eigenvalue weighted by Crippen LogP contribution is -2.40. The summed E-state index contributed by atoms with van der Waals surface area (Å²) in [5.41, 5.74) is 3.04. The third-order valence-electron chi connectivity index (χ3n) is 3.18. The summed E-state index contributed by atoms with van der Waals surface area (Å²) in [5, 5.41) is 14.5. The van der Waals surface area contributed by atoms with Crippen molar-refractivity contribution in [3.8, 4) is 0 Å². The first-order valence-corrected chi connectivity index (χ1v) is 8.85. The average Bonchev–Trinajstić information content (AvgIpc) is 3.01. The second-order valence-electron chi connectivity index (χ2n) is 4.72. The van der Waals surface area contributed by atoms with E-state index in [1.165, 1.54) is 18.3 Å². The number of benzene rings is 1. The standard InChI is InChI=1S/C13H11N5O4S2/c1-17-10-4-2-3-5-11(10)24(21,22)16-13(17)15-14-8-9-6-7-12(23-9)18(19)20/h2-8H,1H3,(H,15,16)/b14-8+. The van der Waals surface area contributed by atoms with Crippen LogP contribution >= 0.6 is 11.3 Å². The molecule has 1 aromatic carbocycles. The van der Waals surface area contributed by atoms with Gasteiger partial charge in [0.05, 0.1) is 21.7 Å². The van der Waals surface area contributed by atoms with E-state index in [0.29, 0.717) is 10.6 Å². The quantitative estimate of drug-likeness (QED) is 0.503. The molecule has 1 aliphatic rings. The molecule has 0 aliphatic carbocycles. The number of nitro groups is 1. The number of nitrogens with one attached hydrogen (secondary N) is 1. The van der Waals surface area contributed by atoms with Crippen molar-refractivity contribution in [2.75, 3.05) is 11.9 Å². The summed E-state index contributed by atoms with van der Waals surface area (Å²) >= 11 is 0.957. The lowest BCUT2D eigenvalue weighted by molar-refractivity contribution is -0.380. The molecular formula is C13H11N5O4S2. The molecule has 2 heterocycles. The molecule has 3 rings (SSSR count). The lowest BCUT2D eigenvalue weighted by Gasteiger charge is -2.25. The zero-order chi connectivity index (χ0) is 17.3. The van der Waals surface area contributed by atoms with Crippen molar-refractivity contribution in [3.05, 3.63) is 51.4 Å². The van der Waals surface area contributed by atoms with E-state index >= 15 is 0 Å². The maximum atomic E-state index is 12.2. The smallest absolute Gasteiger partial charge is 0.312 e. The fraction of sp³-hybridized carbons (Fsp3) is 0.0769. The largest absolute Gasteiger partial charge is 0.324 e. The number of hydrogen-bond acceptors (Lipinski definition) is 8. The minimum absolute atomic E-state index is 0.0000742. The van der Waals surface area contributed by atoms with Gasteiger partial charge < -0.3 is 4.90 Å². The fourth-order valence-electron chi connectivity index (χ4n) is 2.05. The fourth-order valence-corrected chi connectivity index (χ4v) is 3.95. The zero-order valence-electron chi connectivity index (χ0n) is 12.3. The van der Waals surface area contributed by atoms with E-state index in [2.05, 4.69) is 14.9 Å². The van der Waals surface area contributed by atoms with Crippen molar-refractivity contribution < 1.29 is 13.3 Å². The van der Waals surface area contributed by atoms with Crippen molar-refractivity contribution in [2.24, 2.45) is 9.50 Å². The highest BCUT2D eigenvalue weighted by atomic mass is 32.2. The molecule has 0 fully saturated rings. The summed E-state index contributed by atoms with van der Waals surface area (Å²) < 4.78 is 28.0. The molecule has 0 saturated carbocycles. The third-order valence-corrected chi connectivity index (χ3v) is 5.46. The predicted molar refractivity (Wildman–Crippen MR) is 91.2 cm³/mol. The number of hydrogen-bond donors (Lipinski definition) is 1. The molecule has 1 aromatic heterocycles. The van der Waals surface area contributed by atoms with Crippen molar-refractivity contribution in [2.45, 2.75) is 4.90 Å². The Morgan fingerprint density at radius 2 is 2.08 bits per heavy atom. The summed E-state index contributed by atoms with van der Waals surface area (Å²) in [6.07, 6.45) is 1.36. The maximum Gasteiger partial charge on any atom is 0.324 e. The van der Waals surface area contributed by atoms with Crippen LogP contribution in [0.3, 0.4) is 0 Å². The maximum absolute atomic E-state index is 12.2. The van der Waals surface area contributed by atoms with Crippen LogP contribution in [0.1, 0.15) is 4.88 Å². The van der Waals surface area contributed by atoms with Crippen LogP contribution in [0.15, 0.2) is 50.8 Å². The molecule has 11 heteroatoms. The van der Waals surface area contributed by atoms with E-state index in [0.717, 1.165) is 11.3 Å². The average molecular weight is 365 g/mol. The molecule has 24 heavy (non-hydrogen) atoms. The zero-order valence-corrected chi connectivity index (χ0v) is 13.9. The van der Waals surface area contributed by atoms with Gasteiger partial charge in [0.15, 0.2) is 0 Å². The SMILES string of the molecule is CN1C(N/N=C/c2ccc([N+](=O)[O-])s2)=NS(=O)(=O)c2ccccc21. The van der Waals surface area contributed by atoms with Crippen LogP contribution < -0.4 is 10.3 Å². The summed E-state index contributed by atoms with van der Waals surface area (Å²) in [6.45, 7) is 0. The van der Waals surface area contributed by atoms with Gasteiger partial charge in [-0.2, -0.15) is 13.5 Å². The van der Waals surface area contributed by atoms with Crippen LogP contribution in [0.25, 0.3) is 0 Å². The molecule has 0 bridgehead atoms. The Morgan fingerprint density at radius 3 is 2.79 bits per heavy atom. The monoisotopic (exact) mass is 365 g/mol. The molecule has 0 spiro atoms. The highest BCUT2D eigenvalue weighted by Crippen LogP contribution is 2.29. The van der Waals surface area contributed by atoms with Crippen LogP contribution in [0.2, 0.25) is 0 Å². The molecule has 0 atom stereocenters. The molecule has 2 aromatic rings. The summed E-state index contributed by atoms with van der Waals surface area (Å²) in [7, 11) is -2.15. The first-order chi connectivity index (χ1) is 11.4. The van der Waals surface area contributed by atoms with Crippen LogP contribution in [0.5, 0.6) is 0 Å². The number of rotatable bonds is 3. The van der Waals surface area contributed by atoms with Gasteiger partial charge in [-0.05, 0) is 18.2 Å². The molecule has 124 valence electrons. The highest BCUT2D eigenvalue weighted by Gasteiger charge is 2.28. The van der Waals surface area contributed by atoms with E-state index in [9.17, 15) is 18.5 Å². The van der Waals surface area contributed by atoms with Crippen molar-refractivity contribution in [1.82, 2.24) is 5.43 Å². The number of fused-ring (bicyclic) bond motifs is 1. The van der Waals surface area contributed by atoms with Crippen molar-refractivity contribution >= 4 is 44.2 Å². The van der Waals surface area contributed by atoms with Crippen LogP contribution in [0, 0.1) is 10.1 Å². The van der Waals surface area contributed by atoms with Crippen LogP contribution in [-0.2, 0) is 10.0 Å². The molecule has 0 amide bonds. The normalized spacial score (nSPS) is 15.9. The second kappa shape index (κ2) is 6.02. The topological polar surface area (TPSA) is 117 Å². The molecule has 9 nitrogen and oxygen atoms in total. The molecule has 1 aliphatic heterocycles. The van der Waals surface area contributed by atoms with Gasteiger partial charge in [0, 0.05) is 13.1 Å². The van der Waals surface area contributed by atoms with Crippen molar-refractivity contribution in [1.29, 1.82) is 0 Å².